The zero-order valence-corrected chi connectivity index (χ0v) is 9.84. The second-order valence-corrected chi connectivity index (χ2v) is 5.51. The molecule has 0 aliphatic carbocycles. The van der Waals surface area contributed by atoms with Crippen molar-refractivity contribution in [2.45, 2.75) is 52.1 Å². The Morgan fingerprint density at radius 2 is 2.21 bits per heavy atom. The highest BCUT2D eigenvalue weighted by Gasteiger charge is 2.41. The van der Waals surface area contributed by atoms with Gasteiger partial charge in [-0.05, 0) is 38.1 Å². The summed E-state index contributed by atoms with van der Waals surface area (Å²) in [5.74, 6) is 0. The smallest absolute Gasteiger partial charge is 0.0221 e. The Kier molecular flexibility index (Phi) is 2.85. The number of hydrogen-bond acceptors (Lipinski definition) is 2. The van der Waals surface area contributed by atoms with E-state index < -0.39 is 0 Å². The molecule has 2 atom stereocenters. The zero-order valence-electron chi connectivity index (χ0n) is 9.84. The molecule has 2 unspecified atom stereocenters. The minimum Gasteiger partial charge on any atom is -0.312 e. The van der Waals surface area contributed by atoms with Crippen molar-refractivity contribution in [1.82, 2.24) is 10.2 Å². The lowest BCUT2D eigenvalue weighted by Gasteiger charge is -2.52. The number of hydrogen-bond donors (Lipinski definition) is 1. The van der Waals surface area contributed by atoms with Crippen molar-refractivity contribution in [2.24, 2.45) is 5.41 Å². The van der Waals surface area contributed by atoms with Gasteiger partial charge in [-0.1, -0.05) is 13.8 Å². The van der Waals surface area contributed by atoms with Crippen molar-refractivity contribution in [3.05, 3.63) is 0 Å². The molecule has 2 nitrogen and oxygen atoms in total. The molecule has 14 heavy (non-hydrogen) atoms. The molecular formula is C12H24N2. The molecule has 2 heterocycles. The summed E-state index contributed by atoms with van der Waals surface area (Å²) >= 11 is 0. The maximum absolute atomic E-state index is 3.61. The van der Waals surface area contributed by atoms with E-state index >= 15 is 0 Å². The molecule has 0 aromatic heterocycles. The number of rotatable bonds is 3. The summed E-state index contributed by atoms with van der Waals surface area (Å²) in [5, 5.41) is 3.61. The Bertz CT molecular complexity index is 190. The van der Waals surface area contributed by atoms with E-state index in [2.05, 4.69) is 31.0 Å². The minimum atomic E-state index is 0.618. The number of nitrogens with zero attached hydrogens (tertiary/aromatic N) is 1. The van der Waals surface area contributed by atoms with E-state index in [1.165, 1.54) is 38.9 Å². The molecule has 0 spiro atoms. The molecule has 0 radical (unpaired) electrons. The van der Waals surface area contributed by atoms with Crippen LogP contribution in [-0.4, -0.2) is 36.6 Å². The van der Waals surface area contributed by atoms with Crippen LogP contribution in [0, 0.1) is 5.41 Å². The minimum absolute atomic E-state index is 0.618. The van der Waals surface area contributed by atoms with E-state index in [-0.39, 0.29) is 0 Å². The number of nitrogens with one attached hydrogen (secondary N) is 1. The summed E-state index contributed by atoms with van der Waals surface area (Å²) in [6.45, 7) is 11.0. The van der Waals surface area contributed by atoms with Crippen LogP contribution < -0.4 is 5.32 Å². The van der Waals surface area contributed by atoms with Gasteiger partial charge in [0.05, 0.1) is 0 Å². The van der Waals surface area contributed by atoms with E-state index in [9.17, 15) is 0 Å². The monoisotopic (exact) mass is 196 g/mol. The van der Waals surface area contributed by atoms with Crippen molar-refractivity contribution >= 4 is 0 Å². The van der Waals surface area contributed by atoms with E-state index in [1.807, 2.05) is 0 Å². The van der Waals surface area contributed by atoms with Crippen molar-refractivity contribution in [2.75, 3.05) is 19.6 Å². The summed E-state index contributed by atoms with van der Waals surface area (Å²) in [6, 6.07) is 1.51. The summed E-state index contributed by atoms with van der Waals surface area (Å²) < 4.78 is 0. The zero-order chi connectivity index (χ0) is 10.2. The van der Waals surface area contributed by atoms with Gasteiger partial charge in [0.2, 0.25) is 0 Å². The predicted octanol–water partition coefficient (Wildman–Crippen LogP) is 1.86. The Hall–Kier alpha value is -0.0800. The molecular weight excluding hydrogens is 172 g/mol. The summed E-state index contributed by atoms with van der Waals surface area (Å²) in [6.07, 6.45) is 4.07. The molecule has 0 aromatic rings. The van der Waals surface area contributed by atoms with Crippen molar-refractivity contribution in [3.8, 4) is 0 Å². The Morgan fingerprint density at radius 1 is 1.50 bits per heavy atom. The first-order valence-electron chi connectivity index (χ1n) is 6.12. The lowest BCUT2D eigenvalue weighted by atomic mass is 9.78. The summed E-state index contributed by atoms with van der Waals surface area (Å²) in [5.41, 5.74) is 0.618. The lowest BCUT2D eigenvalue weighted by Crippen LogP contribution is -2.61. The molecule has 0 saturated carbocycles. The van der Waals surface area contributed by atoms with Crippen LogP contribution in [0.3, 0.4) is 0 Å². The molecule has 2 saturated heterocycles. The van der Waals surface area contributed by atoms with Crippen LogP contribution in [0.4, 0.5) is 0 Å². The van der Waals surface area contributed by atoms with Gasteiger partial charge >= 0.3 is 0 Å². The van der Waals surface area contributed by atoms with Crippen LogP contribution in [0.25, 0.3) is 0 Å². The van der Waals surface area contributed by atoms with Gasteiger partial charge < -0.3 is 5.32 Å². The fraction of sp³-hybridized carbons (Fsp3) is 1.00. The molecule has 82 valence electrons. The Labute approximate surface area is 88.1 Å². The Morgan fingerprint density at radius 3 is 2.71 bits per heavy atom. The normalized spacial score (nSPS) is 34.1. The third-order valence-corrected chi connectivity index (χ3v) is 4.28. The molecule has 0 aromatic carbocycles. The van der Waals surface area contributed by atoms with Crippen LogP contribution in [0.2, 0.25) is 0 Å². The fourth-order valence-corrected chi connectivity index (χ4v) is 2.82. The van der Waals surface area contributed by atoms with Gasteiger partial charge in [0.1, 0.15) is 0 Å². The van der Waals surface area contributed by atoms with Crippen molar-refractivity contribution in [3.63, 3.8) is 0 Å². The largest absolute Gasteiger partial charge is 0.312 e. The van der Waals surface area contributed by atoms with Gasteiger partial charge in [-0.3, -0.25) is 4.90 Å². The fourth-order valence-electron chi connectivity index (χ4n) is 2.82. The van der Waals surface area contributed by atoms with Crippen molar-refractivity contribution in [1.29, 1.82) is 0 Å². The second-order valence-electron chi connectivity index (χ2n) is 5.51. The molecule has 0 bridgehead atoms. The van der Waals surface area contributed by atoms with Gasteiger partial charge in [0.15, 0.2) is 0 Å². The third kappa shape index (κ3) is 1.82. The van der Waals surface area contributed by atoms with Gasteiger partial charge in [-0.2, -0.15) is 0 Å². The molecule has 2 fully saturated rings. The van der Waals surface area contributed by atoms with Crippen LogP contribution in [0.1, 0.15) is 40.0 Å². The first kappa shape index (κ1) is 10.4. The SMILES string of the molecule is CCC1(C)CN(C(C)C2CCCN2)C1. The average molecular weight is 196 g/mol. The third-order valence-electron chi connectivity index (χ3n) is 4.28. The van der Waals surface area contributed by atoms with E-state index in [0.717, 1.165) is 12.1 Å². The molecule has 2 aliphatic heterocycles. The average Bonchev–Trinajstić information content (AvgIpc) is 2.64. The first-order valence-corrected chi connectivity index (χ1v) is 6.12. The van der Waals surface area contributed by atoms with E-state index in [0.29, 0.717) is 5.41 Å². The molecule has 2 aliphatic rings. The van der Waals surface area contributed by atoms with Crippen LogP contribution in [0.15, 0.2) is 0 Å². The topological polar surface area (TPSA) is 15.3 Å². The standard InChI is InChI=1S/C12H24N2/c1-4-12(3)8-14(9-12)10(2)11-6-5-7-13-11/h10-11,13H,4-9H2,1-3H3. The maximum atomic E-state index is 3.61. The lowest BCUT2D eigenvalue weighted by molar-refractivity contribution is -0.0248. The molecule has 2 heteroatoms. The maximum Gasteiger partial charge on any atom is 0.0221 e. The van der Waals surface area contributed by atoms with E-state index in [1.54, 1.807) is 0 Å². The van der Waals surface area contributed by atoms with Gasteiger partial charge in [-0.25, -0.2) is 0 Å². The second kappa shape index (κ2) is 3.82. The van der Waals surface area contributed by atoms with Crippen LogP contribution >= 0.6 is 0 Å². The van der Waals surface area contributed by atoms with Gasteiger partial charge in [-0.15, -0.1) is 0 Å². The highest BCUT2D eigenvalue weighted by Crippen LogP contribution is 2.35. The Balaban J connectivity index is 1.80. The van der Waals surface area contributed by atoms with Crippen LogP contribution in [-0.2, 0) is 0 Å². The van der Waals surface area contributed by atoms with Crippen LogP contribution in [0.5, 0.6) is 0 Å². The molecule has 2 rings (SSSR count). The highest BCUT2D eigenvalue weighted by atomic mass is 15.3. The number of likely N-dealkylation sites (tertiary alicyclic amines) is 1. The quantitative estimate of drug-likeness (QED) is 0.741. The predicted molar refractivity (Wildman–Crippen MR) is 60.5 cm³/mol. The first-order chi connectivity index (χ1) is 6.64. The summed E-state index contributed by atoms with van der Waals surface area (Å²) in [4.78, 5) is 2.65. The highest BCUT2D eigenvalue weighted by molar-refractivity contribution is 4.96. The van der Waals surface area contributed by atoms with E-state index in [4.69, 9.17) is 0 Å². The van der Waals surface area contributed by atoms with Gasteiger partial charge in [0, 0.05) is 25.2 Å². The van der Waals surface area contributed by atoms with Gasteiger partial charge in [0.25, 0.3) is 0 Å². The van der Waals surface area contributed by atoms with Crippen molar-refractivity contribution < 1.29 is 0 Å². The summed E-state index contributed by atoms with van der Waals surface area (Å²) in [7, 11) is 0. The molecule has 0 amide bonds. The molecule has 1 N–H and O–H groups in total.